The molecule has 0 spiro atoms. The second-order valence-corrected chi connectivity index (χ2v) is 5.16. The smallest absolute Gasteiger partial charge is 0.282 e. The van der Waals surface area contributed by atoms with E-state index in [-0.39, 0.29) is 4.90 Å². The van der Waals surface area contributed by atoms with Gasteiger partial charge in [-0.1, -0.05) is 12.1 Å². The number of fused-ring (bicyclic) bond motifs is 1. The van der Waals surface area contributed by atoms with E-state index in [1.807, 2.05) is 11.4 Å². The molecule has 3 nitrogen and oxygen atoms in total. The van der Waals surface area contributed by atoms with Crippen LogP contribution in [0, 0.1) is 6.92 Å². The van der Waals surface area contributed by atoms with Crippen LogP contribution in [0.25, 0.3) is 10.8 Å². The van der Waals surface area contributed by atoms with E-state index in [1.165, 1.54) is 11.3 Å². The number of hydrogen-bond donors (Lipinski definition) is 1. The fraction of sp³-hybridized carbons (Fsp3) is 0.111. The molecule has 1 heterocycles. The molecule has 5 heteroatoms. The van der Waals surface area contributed by atoms with Gasteiger partial charge >= 0.3 is 0 Å². The summed E-state index contributed by atoms with van der Waals surface area (Å²) in [6, 6.07) is 3.54. The number of hydrogen-bond acceptors (Lipinski definition) is 3. The van der Waals surface area contributed by atoms with E-state index in [0.717, 1.165) is 5.39 Å². The second kappa shape index (κ2) is 3.05. The zero-order valence-corrected chi connectivity index (χ0v) is 9.02. The summed E-state index contributed by atoms with van der Waals surface area (Å²) in [6.45, 7) is 1.67. The molecular weight excluding hydrogens is 220 g/mol. The molecule has 1 aromatic carbocycles. The quantitative estimate of drug-likeness (QED) is 0.763. The topological polar surface area (TPSA) is 54.4 Å². The first kappa shape index (κ1) is 9.64. The summed E-state index contributed by atoms with van der Waals surface area (Å²) in [4.78, 5) is 0.0243. The van der Waals surface area contributed by atoms with Crippen LogP contribution in [0.15, 0.2) is 27.8 Å². The van der Waals surface area contributed by atoms with Crippen LogP contribution in [0.5, 0.6) is 0 Å². The largest absolute Gasteiger partial charge is 0.295 e. The van der Waals surface area contributed by atoms with E-state index in [2.05, 4.69) is 0 Å². The van der Waals surface area contributed by atoms with Gasteiger partial charge < -0.3 is 0 Å². The molecule has 2 aromatic rings. The van der Waals surface area contributed by atoms with Crippen LogP contribution in [0.3, 0.4) is 0 Å². The van der Waals surface area contributed by atoms with Crippen molar-refractivity contribution in [2.45, 2.75) is 11.8 Å². The molecule has 0 aliphatic rings. The van der Waals surface area contributed by atoms with Gasteiger partial charge in [0.1, 0.15) is 4.90 Å². The number of rotatable bonds is 1. The Balaban J connectivity index is 2.98. The first-order valence-electron chi connectivity index (χ1n) is 3.93. The van der Waals surface area contributed by atoms with Crippen molar-refractivity contribution in [2.24, 2.45) is 0 Å². The Bertz CT molecular complexity index is 581. The van der Waals surface area contributed by atoms with E-state index in [1.54, 1.807) is 18.4 Å². The van der Waals surface area contributed by atoms with E-state index in [4.69, 9.17) is 4.55 Å². The minimum absolute atomic E-state index is 0.0243. The highest BCUT2D eigenvalue weighted by Gasteiger charge is 2.17. The lowest BCUT2D eigenvalue weighted by Crippen LogP contribution is -2.01. The Labute approximate surface area is 85.7 Å². The molecule has 1 aromatic heterocycles. The Hall–Kier alpha value is -0.910. The van der Waals surface area contributed by atoms with Crippen molar-refractivity contribution in [2.75, 3.05) is 0 Å². The molecule has 0 atom stereocenters. The maximum absolute atomic E-state index is 11.1. The first-order valence-corrected chi connectivity index (χ1v) is 6.31. The van der Waals surface area contributed by atoms with Gasteiger partial charge in [0.15, 0.2) is 0 Å². The van der Waals surface area contributed by atoms with E-state index < -0.39 is 10.1 Å². The molecule has 1 N–H and O–H groups in total. The molecule has 2 rings (SSSR count). The summed E-state index contributed by atoms with van der Waals surface area (Å²) < 4.78 is 31.3. The van der Waals surface area contributed by atoms with Crippen LogP contribution in [-0.2, 0) is 10.1 Å². The molecule has 0 fully saturated rings. The van der Waals surface area contributed by atoms with E-state index in [0.29, 0.717) is 10.9 Å². The Morgan fingerprint density at radius 2 is 2.00 bits per heavy atom. The molecule has 0 unspecified atom stereocenters. The van der Waals surface area contributed by atoms with Gasteiger partial charge in [0, 0.05) is 5.39 Å². The molecule has 0 saturated heterocycles. The molecular formula is C9H8O3S2. The third-order valence-electron chi connectivity index (χ3n) is 2.07. The predicted octanol–water partition coefficient (Wildman–Crippen LogP) is 2.46. The summed E-state index contributed by atoms with van der Waals surface area (Å²) in [5.41, 5.74) is 0.568. The summed E-state index contributed by atoms with van der Waals surface area (Å²) in [5, 5.41) is 5.01. The summed E-state index contributed by atoms with van der Waals surface area (Å²) >= 11 is 1.42. The Kier molecular flexibility index (Phi) is 2.10. The van der Waals surface area contributed by atoms with Crippen molar-refractivity contribution in [1.82, 2.24) is 0 Å². The van der Waals surface area contributed by atoms with E-state index in [9.17, 15) is 8.42 Å². The van der Waals surface area contributed by atoms with Crippen LogP contribution in [0.1, 0.15) is 5.56 Å². The van der Waals surface area contributed by atoms with Crippen molar-refractivity contribution in [3.8, 4) is 0 Å². The highest BCUT2D eigenvalue weighted by molar-refractivity contribution is 7.86. The monoisotopic (exact) mass is 228 g/mol. The van der Waals surface area contributed by atoms with Gasteiger partial charge in [-0.25, -0.2) is 0 Å². The van der Waals surface area contributed by atoms with Gasteiger partial charge in [0.2, 0.25) is 0 Å². The average molecular weight is 228 g/mol. The fourth-order valence-electron chi connectivity index (χ4n) is 1.47. The van der Waals surface area contributed by atoms with Crippen LogP contribution in [-0.4, -0.2) is 13.0 Å². The van der Waals surface area contributed by atoms with Crippen molar-refractivity contribution in [3.63, 3.8) is 0 Å². The molecule has 0 radical (unpaired) electrons. The van der Waals surface area contributed by atoms with Crippen LogP contribution < -0.4 is 0 Å². The normalized spacial score (nSPS) is 12.1. The Morgan fingerprint density at radius 3 is 2.64 bits per heavy atom. The van der Waals surface area contributed by atoms with Crippen LogP contribution in [0.2, 0.25) is 0 Å². The molecule has 0 bridgehead atoms. The van der Waals surface area contributed by atoms with Gasteiger partial charge in [-0.2, -0.15) is 19.8 Å². The van der Waals surface area contributed by atoms with Crippen LogP contribution >= 0.6 is 11.3 Å². The SMILES string of the molecule is Cc1ccc2cscc2c1S(=O)(=O)O. The van der Waals surface area contributed by atoms with Gasteiger partial charge in [-0.05, 0) is 28.6 Å². The lowest BCUT2D eigenvalue weighted by Gasteiger charge is -2.03. The summed E-state index contributed by atoms with van der Waals surface area (Å²) in [5.74, 6) is 0. The molecule has 0 amide bonds. The minimum atomic E-state index is -4.12. The number of benzene rings is 1. The van der Waals surface area contributed by atoms with Gasteiger partial charge in [0.25, 0.3) is 10.1 Å². The molecule has 14 heavy (non-hydrogen) atoms. The van der Waals surface area contributed by atoms with E-state index >= 15 is 0 Å². The van der Waals surface area contributed by atoms with Gasteiger partial charge in [-0.3, -0.25) is 4.55 Å². The van der Waals surface area contributed by atoms with Crippen molar-refractivity contribution < 1.29 is 13.0 Å². The van der Waals surface area contributed by atoms with Crippen molar-refractivity contribution in [1.29, 1.82) is 0 Å². The summed E-state index contributed by atoms with van der Waals surface area (Å²) in [6.07, 6.45) is 0. The van der Waals surface area contributed by atoms with Crippen molar-refractivity contribution in [3.05, 3.63) is 28.5 Å². The Morgan fingerprint density at radius 1 is 1.29 bits per heavy atom. The highest BCUT2D eigenvalue weighted by Crippen LogP contribution is 2.28. The highest BCUT2D eigenvalue weighted by atomic mass is 32.2. The zero-order chi connectivity index (χ0) is 10.3. The standard InChI is InChI=1S/C9H8O3S2/c1-6-2-3-7-4-13-5-8(7)9(6)14(10,11)12/h2-5H,1H3,(H,10,11,12). The maximum atomic E-state index is 11.1. The minimum Gasteiger partial charge on any atom is -0.282 e. The summed E-state index contributed by atoms with van der Waals surface area (Å²) in [7, 11) is -4.12. The number of thiophene rings is 1. The van der Waals surface area contributed by atoms with Gasteiger partial charge in [-0.15, -0.1) is 0 Å². The maximum Gasteiger partial charge on any atom is 0.295 e. The third kappa shape index (κ3) is 1.43. The third-order valence-corrected chi connectivity index (χ3v) is 3.89. The lowest BCUT2D eigenvalue weighted by molar-refractivity contribution is 0.483. The molecule has 0 saturated carbocycles. The zero-order valence-electron chi connectivity index (χ0n) is 7.39. The molecule has 74 valence electrons. The molecule has 0 aliphatic carbocycles. The van der Waals surface area contributed by atoms with Crippen LogP contribution in [0.4, 0.5) is 0 Å². The first-order chi connectivity index (χ1) is 6.50. The van der Waals surface area contributed by atoms with Crippen molar-refractivity contribution >= 4 is 32.2 Å². The predicted molar refractivity (Wildman–Crippen MR) is 56.4 cm³/mol. The second-order valence-electron chi connectivity index (χ2n) is 3.06. The number of aryl methyl sites for hydroxylation is 1. The van der Waals surface area contributed by atoms with Gasteiger partial charge in [0.05, 0.1) is 0 Å². The lowest BCUT2D eigenvalue weighted by atomic mass is 10.1. The fourth-order valence-corrected chi connectivity index (χ4v) is 3.28. The molecule has 0 aliphatic heterocycles. The average Bonchev–Trinajstić information content (AvgIpc) is 2.48.